The standard InChI is InChI=1S/C27H32N2O4/c1-2-3-4-5-6-9-18-32-22-13-15-23(16-14-22)33-20-27(31)29-28-19-25-24-11-8-7-10-21(24)12-17-26(25)30/h7-8,10-17,19,30H,2-6,9,18,20H2,1H3,(H,29,31)/b28-19+. The molecule has 0 heterocycles. The van der Waals surface area contributed by atoms with Gasteiger partial charge >= 0.3 is 0 Å². The van der Waals surface area contributed by atoms with Crippen molar-refractivity contribution in [3.63, 3.8) is 0 Å². The highest BCUT2D eigenvalue weighted by molar-refractivity contribution is 6.02. The van der Waals surface area contributed by atoms with Gasteiger partial charge in [0.05, 0.1) is 12.8 Å². The van der Waals surface area contributed by atoms with Crippen molar-refractivity contribution in [1.29, 1.82) is 0 Å². The molecule has 0 unspecified atom stereocenters. The number of hydrazone groups is 1. The van der Waals surface area contributed by atoms with E-state index < -0.39 is 5.91 Å². The second kappa shape index (κ2) is 13.1. The molecular weight excluding hydrogens is 416 g/mol. The minimum atomic E-state index is -0.394. The number of rotatable bonds is 13. The Hall–Kier alpha value is -3.54. The zero-order valence-electron chi connectivity index (χ0n) is 19.1. The van der Waals surface area contributed by atoms with Gasteiger partial charge in [-0.25, -0.2) is 5.43 Å². The monoisotopic (exact) mass is 448 g/mol. The molecule has 3 rings (SSSR count). The van der Waals surface area contributed by atoms with Crippen LogP contribution in [0, 0.1) is 0 Å². The van der Waals surface area contributed by atoms with Gasteiger partial charge in [0.15, 0.2) is 6.61 Å². The van der Waals surface area contributed by atoms with E-state index in [9.17, 15) is 9.90 Å². The molecule has 33 heavy (non-hydrogen) atoms. The van der Waals surface area contributed by atoms with E-state index in [1.54, 1.807) is 18.2 Å². The molecule has 0 aromatic heterocycles. The lowest BCUT2D eigenvalue weighted by molar-refractivity contribution is -0.123. The Bertz CT molecular complexity index is 1050. The molecule has 0 saturated carbocycles. The molecule has 0 bridgehead atoms. The fraction of sp³-hybridized carbons (Fsp3) is 0.333. The first-order valence-electron chi connectivity index (χ1n) is 11.6. The van der Waals surface area contributed by atoms with Gasteiger partial charge in [-0.2, -0.15) is 5.10 Å². The molecular formula is C27H32N2O4. The second-order valence-electron chi connectivity index (χ2n) is 7.89. The zero-order valence-corrected chi connectivity index (χ0v) is 19.1. The summed E-state index contributed by atoms with van der Waals surface area (Å²) in [6, 6.07) is 18.3. The molecule has 0 aliphatic rings. The number of benzene rings is 3. The third-order valence-corrected chi connectivity index (χ3v) is 5.29. The highest BCUT2D eigenvalue weighted by Gasteiger charge is 2.06. The fourth-order valence-electron chi connectivity index (χ4n) is 3.47. The zero-order chi connectivity index (χ0) is 23.3. The van der Waals surface area contributed by atoms with Crippen molar-refractivity contribution < 1.29 is 19.4 Å². The first-order chi connectivity index (χ1) is 16.2. The molecule has 2 N–H and O–H groups in total. The molecule has 0 fully saturated rings. The number of phenolic OH excluding ortho intramolecular Hbond substituents is 1. The Morgan fingerprint density at radius 3 is 2.39 bits per heavy atom. The minimum absolute atomic E-state index is 0.0988. The quantitative estimate of drug-likeness (QED) is 0.196. The van der Waals surface area contributed by atoms with Crippen LogP contribution in [0.5, 0.6) is 17.2 Å². The highest BCUT2D eigenvalue weighted by atomic mass is 16.5. The van der Waals surface area contributed by atoms with Crippen LogP contribution in [0.25, 0.3) is 10.8 Å². The van der Waals surface area contributed by atoms with Crippen molar-refractivity contribution in [2.24, 2.45) is 5.10 Å². The number of ether oxygens (including phenoxy) is 2. The Labute approximate surface area is 195 Å². The molecule has 0 aliphatic carbocycles. The topological polar surface area (TPSA) is 80.2 Å². The van der Waals surface area contributed by atoms with E-state index in [0.29, 0.717) is 17.9 Å². The highest BCUT2D eigenvalue weighted by Crippen LogP contribution is 2.25. The second-order valence-corrected chi connectivity index (χ2v) is 7.89. The number of nitrogens with zero attached hydrogens (tertiary/aromatic N) is 1. The maximum absolute atomic E-state index is 12.1. The fourth-order valence-corrected chi connectivity index (χ4v) is 3.47. The van der Waals surface area contributed by atoms with Crippen molar-refractivity contribution in [3.8, 4) is 17.2 Å². The summed E-state index contributed by atoms with van der Waals surface area (Å²) in [7, 11) is 0. The van der Waals surface area contributed by atoms with Crippen LogP contribution in [0.2, 0.25) is 0 Å². The summed E-state index contributed by atoms with van der Waals surface area (Å²) in [5.41, 5.74) is 2.97. The molecule has 0 spiro atoms. The van der Waals surface area contributed by atoms with E-state index in [4.69, 9.17) is 9.47 Å². The summed E-state index contributed by atoms with van der Waals surface area (Å²) in [5, 5.41) is 15.9. The average Bonchev–Trinajstić information content (AvgIpc) is 2.84. The third-order valence-electron chi connectivity index (χ3n) is 5.29. The molecule has 174 valence electrons. The lowest BCUT2D eigenvalue weighted by Gasteiger charge is -2.08. The number of amides is 1. The van der Waals surface area contributed by atoms with Crippen LogP contribution in [0.1, 0.15) is 51.0 Å². The summed E-state index contributed by atoms with van der Waals surface area (Å²) in [6.07, 6.45) is 8.81. The van der Waals surface area contributed by atoms with E-state index in [1.807, 2.05) is 42.5 Å². The number of hydrogen-bond donors (Lipinski definition) is 2. The normalized spacial score (nSPS) is 11.1. The van der Waals surface area contributed by atoms with E-state index in [-0.39, 0.29) is 12.4 Å². The van der Waals surface area contributed by atoms with Crippen molar-refractivity contribution in [3.05, 3.63) is 66.2 Å². The molecule has 6 heteroatoms. The number of phenols is 1. The summed E-state index contributed by atoms with van der Waals surface area (Å²) < 4.78 is 11.3. The van der Waals surface area contributed by atoms with Gasteiger partial charge in [-0.1, -0.05) is 69.4 Å². The predicted octanol–water partition coefficient (Wildman–Crippen LogP) is 5.81. The molecule has 3 aromatic carbocycles. The van der Waals surface area contributed by atoms with Gasteiger partial charge in [-0.05, 0) is 47.5 Å². The number of carbonyl (C=O) groups excluding carboxylic acids is 1. The predicted molar refractivity (Wildman–Crippen MR) is 132 cm³/mol. The van der Waals surface area contributed by atoms with Crippen molar-refractivity contribution in [2.45, 2.75) is 45.4 Å². The van der Waals surface area contributed by atoms with Gasteiger partial charge in [-0.3, -0.25) is 4.79 Å². The van der Waals surface area contributed by atoms with Crippen LogP contribution in [-0.4, -0.2) is 30.4 Å². The Kier molecular flexibility index (Phi) is 9.58. The smallest absolute Gasteiger partial charge is 0.277 e. The summed E-state index contributed by atoms with van der Waals surface area (Å²) >= 11 is 0. The lowest BCUT2D eigenvalue weighted by Crippen LogP contribution is -2.24. The number of hydrogen-bond acceptors (Lipinski definition) is 5. The van der Waals surface area contributed by atoms with Crippen molar-refractivity contribution in [1.82, 2.24) is 5.43 Å². The molecule has 0 radical (unpaired) electrons. The van der Waals surface area contributed by atoms with Gasteiger partial charge in [0.25, 0.3) is 5.91 Å². The molecule has 3 aromatic rings. The third kappa shape index (κ3) is 7.83. The first-order valence-corrected chi connectivity index (χ1v) is 11.6. The summed E-state index contributed by atoms with van der Waals surface area (Å²) in [4.78, 5) is 12.1. The van der Waals surface area contributed by atoms with Crippen LogP contribution in [0.15, 0.2) is 65.8 Å². The van der Waals surface area contributed by atoms with E-state index in [0.717, 1.165) is 22.9 Å². The number of nitrogens with one attached hydrogen (secondary N) is 1. The first kappa shape index (κ1) is 24.1. The summed E-state index contributed by atoms with van der Waals surface area (Å²) in [5.74, 6) is 1.07. The van der Waals surface area contributed by atoms with E-state index >= 15 is 0 Å². The Balaban J connectivity index is 1.39. The number of fused-ring (bicyclic) bond motifs is 1. The van der Waals surface area contributed by atoms with Crippen LogP contribution >= 0.6 is 0 Å². The van der Waals surface area contributed by atoms with Crippen LogP contribution in [-0.2, 0) is 4.79 Å². The van der Waals surface area contributed by atoms with Crippen LogP contribution in [0.4, 0.5) is 0 Å². The maximum Gasteiger partial charge on any atom is 0.277 e. The van der Waals surface area contributed by atoms with Gasteiger partial charge in [-0.15, -0.1) is 0 Å². The molecule has 1 amide bonds. The lowest BCUT2D eigenvalue weighted by atomic mass is 10.0. The molecule has 0 saturated heterocycles. The summed E-state index contributed by atoms with van der Waals surface area (Å²) in [6.45, 7) is 2.76. The van der Waals surface area contributed by atoms with Crippen LogP contribution in [0.3, 0.4) is 0 Å². The number of aromatic hydroxyl groups is 1. The van der Waals surface area contributed by atoms with E-state index in [2.05, 4.69) is 17.5 Å². The molecule has 6 nitrogen and oxygen atoms in total. The van der Waals surface area contributed by atoms with Gasteiger partial charge in [0.2, 0.25) is 0 Å². The Morgan fingerprint density at radius 2 is 1.61 bits per heavy atom. The van der Waals surface area contributed by atoms with Crippen molar-refractivity contribution in [2.75, 3.05) is 13.2 Å². The molecule has 0 aliphatic heterocycles. The minimum Gasteiger partial charge on any atom is -0.507 e. The van der Waals surface area contributed by atoms with Gasteiger partial charge < -0.3 is 14.6 Å². The van der Waals surface area contributed by atoms with E-state index in [1.165, 1.54) is 38.3 Å². The SMILES string of the molecule is CCCCCCCCOc1ccc(OCC(=O)N/N=C/c2c(O)ccc3ccccc23)cc1. The number of unbranched alkanes of at least 4 members (excludes halogenated alkanes) is 5. The van der Waals surface area contributed by atoms with Gasteiger partial charge in [0, 0.05) is 5.56 Å². The van der Waals surface area contributed by atoms with Crippen molar-refractivity contribution >= 4 is 22.9 Å². The average molecular weight is 449 g/mol. The van der Waals surface area contributed by atoms with Gasteiger partial charge in [0.1, 0.15) is 17.2 Å². The number of carbonyl (C=O) groups is 1. The largest absolute Gasteiger partial charge is 0.507 e. The Morgan fingerprint density at radius 1 is 0.909 bits per heavy atom. The molecule has 0 atom stereocenters. The van der Waals surface area contributed by atoms with Crippen LogP contribution < -0.4 is 14.9 Å². The maximum atomic E-state index is 12.1.